The Morgan fingerprint density at radius 1 is 0.897 bits per heavy atom. The molecule has 0 atom stereocenters. The average Bonchev–Trinajstić information content (AvgIpc) is 3.23. The summed E-state index contributed by atoms with van der Waals surface area (Å²) in [5.41, 5.74) is 0.846. The molecular weight excluding hydrogens is 381 g/mol. The quantitative estimate of drug-likeness (QED) is 0.656. The maximum absolute atomic E-state index is 13.1. The van der Waals surface area contributed by atoms with E-state index in [9.17, 15) is 18.8 Å². The molecule has 0 spiro atoms. The van der Waals surface area contributed by atoms with E-state index in [-0.39, 0.29) is 28.4 Å². The van der Waals surface area contributed by atoms with Gasteiger partial charge in [-0.2, -0.15) is 0 Å². The summed E-state index contributed by atoms with van der Waals surface area (Å²) in [6, 6.07) is 12.6. The molecule has 7 nitrogen and oxygen atoms in total. The summed E-state index contributed by atoms with van der Waals surface area (Å²) in [5, 5.41) is 2.53. The van der Waals surface area contributed by atoms with Crippen LogP contribution in [0.5, 0.6) is 0 Å². The van der Waals surface area contributed by atoms with Crippen LogP contribution in [0.25, 0.3) is 11.3 Å². The maximum atomic E-state index is 13.1. The van der Waals surface area contributed by atoms with Crippen molar-refractivity contribution in [3.8, 4) is 11.3 Å². The number of halogens is 1. The Hall–Kier alpha value is -3.94. The molecule has 148 valence electrons. The van der Waals surface area contributed by atoms with Crippen molar-refractivity contribution in [2.24, 2.45) is 0 Å². The highest BCUT2D eigenvalue weighted by molar-refractivity contribution is 6.08. The first kappa shape index (κ1) is 19.8. The SMILES string of the molecule is COC(=O)c1ccc(C(=O)OC)c(NC(=O)c2ccc(-c3ccc(F)cc3)o2)c1. The van der Waals surface area contributed by atoms with Crippen molar-refractivity contribution >= 4 is 23.5 Å². The van der Waals surface area contributed by atoms with Gasteiger partial charge in [0.25, 0.3) is 5.91 Å². The second-order valence-electron chi connectivity index (χ2n) is 5.87. The molecule has 0 aliphatic heterocycles. The van der Waals surface area contributed by atoms with E-state index in [0.717, 1.165) is 0 Å². The van der Waals surface area contributed by atoms with Gasteiger partial charge in [0.15, 0.2) is 5.76 Å². The summed E-state index contributed by atoms with van der Waals surface area (Å²) in [7, 11) is 2.41. The minimum atomic E-state index is -0.692. The van der Waals surface area contributed by atoms with E-state index in [1.165, 1.54) is 62.8 Å². The molecule has 1 aromatic heterocycles. The highest BCUT2D eigenvalue weighted by atomic mass is 19.1. The van der Waals surface area contributed by atoms with Crippen LogP contribution in [-0.4, -0.2) is 32.1 Å². The van der Waals surface area contributed by atoms with E-state index in [1.54, 1.807) is 6.07 Å². The molecule has 1 amide bonds. The summed E-state index contributed by atoms with van der Waals surface area (Å²) >= 11 is 0. The lowest BCUT2D eigenvalue weighted by molar-refractivity contribution is 0.0587. The van der Waals surface area contributed by atoms with Gasteiger partial charge in [-0.15, -0.1) is 0 Å². The van der Waals surface area contributed by atoms with E-state index in [4.69, 9.17) is 9.15 Å². The number of hydrogen-bond donors (Lipinski definition) is 1. The van der Waals surface area contributed by atoms with Gasteiger partial charge in [-0.1, -0.05) is 0 Å². The number of benzene rings is 2. The first-order chi connectivity index (χ1) is 13.9. The van der Waals surface area contributed by atoms with Crippen molar-refractivity contribution < 1.29 is 32.7 Å². The van der Waals surface area contributed by atoms with E-state index in [0.29, 0.717) is 11.3 Å². The number of ether oxygens (including phenoxy) is 2. The predicted octanol–water partition coefficient (Wildman–Crippen LogP) is 3.91. The zero-order valence-electron chi connectivity index (χ0n) is 15.5. The topological polar surface area (TPSA) is 94.8 Å². The molecule has 3 rings (SSSR count). The highest BCUT2D eigenvalue weighted by Crippen LogP contribution is 2.24. The number of nitrogens with one attached hydrogen (secondary N) is 1. The van der Waals surface area contributed by atoms with Crippen molar-refractivity contribution in [3.63, 3.8) is 0 Å². The van der Waals surface area contributed by atoms with Crippen LogP contribution in [0.15, 0.2) is 59.0 Å². The molecule has 0 saturated heterocycles. The largest absolute Gasteiger partial charge is 0.465 e. The number of rotatable bonds is 5. The molecule has 29 heavy (non-hydrogen) atoms. The van der Waals surface area contributed by atoms with Crippen LogP contribution in [0.3, 0.4) is 0 Å². The zero-order valence-corrected chi connectivity index (χ0v) is 15.5. The summed E-state index contributed by atoms with van der Waals surface area (Å²) in [6.07, 6.45) is 0. The Labute approximate surface area is 165 Å². The molecular formula is C21H16FNO6. The molecule has 0 fully saturated rings. The van der Waals surface area contributed by atoms with Gasteiger partial charge in [0.2, 0.25) is 0 Å². The number of carbonyl (C=O) groups is 3. The Morgan fingerprint density at radius 2 is 1.59 bits per heavy atom. The third kappa shape index (κ3) is 4.32. The smallest absolute Gasteiger partial charge is 0.339 e. The number of furan rings is 1. The first-order valence-corrected chi connectivity index (χ1v) is 8.40. The molecule has 2 aromatic carbocycles. The number of esters is 2. The van der Waals surface area contributed by atoms with Crippen LogP contribution in [0.4, 0.5) is 10.1 Å². The zero-order chi connectivity index (χ0) is 21.0. The van der Waals surface area contributed by atoms with Gasteiger partial charge in [0.1, 0.15) is 11.6 Å². The summed E-state index contributed by atoms with van der Waals surface area (Å²) in [5.74, 6) is -2.03. The standard InChI is InChI=1S/C21H16FNO6/c1-27-20(25)13-5-8-15(21(26)28-2)16(11-13)23-19(24)18-10-9-17(29-18)12-3-6-14(22)7-4-12/h3-11H,1-2H3,(H,23,24). The van der Waals surface area contributed by atoms with E-state index in [1.807, 2.05) is 0 Å². The number of carbonyl (C=O) groups excluding carboxylic acids is 3. The van der Waals surface area contributed by atoms with Crippen molar-refractivity contribution in [1.29, 1.82) is 0 Å². The van der Waals surface area contributed by atoms with Crippen LogP contribution in [0, 0.1) is 5.82 Å². The molecule has 0 saturated carbocycles. The maximum Gasteiger partial charge on any atom is 0.339 e. The van der Waals surface area contributed by atoms with Gasteiger partial charge in [-0.3, -0.25) is 4.79 Å². The highest BCUT2D eigenvalue weighted by Gasteiger charge is 2.19. The molecule has 1 heterocycles. The fourth-order valence-corrected chi connectivity index (χ4v) is 2.59. The van der Waals surface area contributed by atoms with Crippen molar-refractivity contribution in [2.45, 2.75) is 0 Å². The molecule has 0 unspecified atom stereocenters. The van der Waals surface area contributed by atoms with Crippen LogP contribution in [0.2, 0.25) is 0 Å². The normalized spacial score (nSPS) is 10.3. The molecule has 1 N–H and O–H groups in total. The minimum Gasteiger partial charge on any atom is -0.465 e. The molecule has 0 bridgehead atoms. The Kier molecular flexibility index (Phi) is 5.73. The third-order valence-electron chi connectivity index (χ3n) is 4.05. The predicted molar refractivity (Wildman–Crippen MR) is 101 cm³/mol. The number of anilines is 1. The van der Waals surface area contributed by atoms with Crippen molar-refractivity contribution in [2.75, 3.05) is 19.5 Å². The molecule has 0 aliphatic rings. The lowest BCUT2D eigenvalue weighted by Gasteiger charge is -2.10. The molecule has 0 radical (unpaired) electrons. The summed E-state index contributed by atoms with van der Waals surface area (Å²) < 4.78 is 27.9. The fraction of sp³-hybridized carbons (Fsp3) is 0.0952. The van der Waals surface area contributed by atoms with Gasteiger partial charge in [-0.25, -0.2) is 14.0 Å². The van der Waals surface area contributed by atoms with Crippen molar-refractivity contribution in [1.82, 2.24) is 0 Å². The van der Waals surface area contributed by atoms with Gasteiger partial charge in [0, 0.05) is 5.56 Å². The second kappa shape index (κ2) is 8.39. The van der Waals surface area contributed by atoms with E-state index in [2.05, 4.69) is 10.1 Å². The van der Waals surface area contributed by atoms with Gasteiger partial charge in [-0.05, 0) is 54.6 Å². The Bertz CT molecular complexity index is 1070. The molecule has 3 aromatic rings. The number of amides is 1. The molecule has 8 heteroatoms. The minimum absolute atomic E-state index is 0.0383. The van der Waals surface area contributed by atoms with Gasteiger partial charge >= 0.3 is 11.9 Å². The number of methoxy groups -OCH3 is 2. The molecule has 0 aliphatic carbocycles. The lowest BCUT2D eigenvalue weighted by Crippen LogP contribution is -2.16. The summed E-state index contributed by atoms with van der Waals surface area (Å²) in [4.78, 5) is 36.3. The first-order valence-electron chi connectivity index (χ1n) is 8.40. The Morgan fingerprint density at radius 3 is 2.24 bits per heavy atom. The van der Waals surface area contributed by atoms with E-state index >= 15 is 0 Å². The third-order valence-corrected chi connectivity index (χ3v) is 4.05. The Balaban J connectivity index is 1.88. The van der Waals surface area contributed by atoms with Gasteiger partial charge in [0.05, 0.1) is 31.0 Å². The van der Waals surface area contributed by atoms with Crippen LogP contribution in [0.1, 0.15) is 31.3 Å². The second-order valence-corrected chi connectivity index (χ2v) is 5.87. The summed E-state index contributed by atoms with van der Waals surface area (Å²) in [6.45, 7) is 0. The van der Waals surface area contributed by atoms with Crippen molar-refractivity contribution in [3.05, 3.63) is 77.3 Å². The fourth-order valence-electron chi connectivity index (χ4n) is 2.59. The monoisotopic (exact) mass is 397 g/mol. The van der Waals surface area contributed by atoms with Crippen LogP contribution < -0.4 is 5.32 Å². The number of hydrogen-bond acceptors (Lipinski definition) is 6. The van der Waals surface area contributed by atoms with E-state index < -0.39 is 17.8 Å². The van der Waals surface area contributed by atoms with Crippen LogP contribution >= 0.6 is 0 Å². The lowest BCUT2D eigenvalue weighted by atomic mass is 10.1. The van der Waals surface area contributed by atoms with Crippen LogP contribution in [-0.2, 0) is 9.47 Å². The van der Waals surface area contributed by atoms with Gasteiger partial charge < -0.3 is 19.2 Å². The average molecular weight is 397 g/mol.